The van der Waals surface area contributed by atoms with Gasteiger partial charge in [-0.05, 0) is 0 Å². The van der Waals surface area contributed by atoms with Crippen molar-refractivity contribution in [2.45, 2.75) is 0 Å². The Morgan fingerprint density at radius 3 is 0.190 bits per heavy atom. The van der Waals surface area contributed by atoms with Crippen LogP contribution in [0.15, 0.2) is 0 Å². The van der Waals surface area contributed by atoms with Crippen molar-refractivity contribution in [2.75, 3.05) is 0 Å². The van der Waals surface area contributed by atoms with Gasteiger partial charge in [0.1, 0.15) is 0 Å². The van der Waals surface area contributed by atoms with Gasteiger partial charge in [0.15, 0.2) is 0 Å². The van der Waals surface area contributed by atoms with Gasteiger partial charge in [0.25, 0.3) is 0 Å². The predicted molar refractivity (Wildman–Crippen MR) is 104 cm³/mol. The molecule has 4 radical (unpaired) electrons. The molecule has 0 saturated heterocycles. The minimum absolute atomic E-state index is 0. The van der Waals surface area contributed by atoms with Gasteiger partial charge in [-0.2, -0.15) is 54.8 Å². The molecule has 15 N–H and O–H groups in total. The van der Waals surface area contributed by atoms with E-state index >= 15 is 0 Å². The zero-order chi connectivity index (χ0) is 31.5. The number of hydrogen-bond donors (Lipinski definition) is 0. The van der Waals surface area contributed by atoms with E-state index < -0.39 is 54.8 Å². The summed E-state index contributed by atoms with van der Waals surface area (Å²) in [5.74, 6) is 0. The third-order valence-corrected chi connectivity index (χ3v) is 0. The summed E-state index contributed by atoms with van der Waals surface area (Å²) in [6.07, 6.45) is 0. The van der Waals surface area contributed by atoms with E-state index in [1.807, 2.05) is 0 Å². The predicted octanol–water partition coefficient (Wildman–Crippen LogP) is -25.9. The van der Waals surface area contributed by atoms with E-state index in [2.05, 4.69) is 0 Å². The first kappa shape index (κ1) is 217. The van der Waals surface area contributed by atoms with Gasteiger partial charge in [0, 0.05) is 0 Å². The quantitative estimate of drug-likeness (QED) is 0.160. The van der Waals surface area contributed by atoms with Gasteiger partial charge < -0.3 is 195 Å². The van der Waals surface area contributed by atoms with Crippen molar-refractivity contribution in [3.63, 3.8) is 0 Å². The Kier molecular flexibility index (Phi) is 396. The summed E-state index contributed by atoms with van der Waals surface area (Å²) in [4.78, 5) is 180. The second-order valence-electron chi connectivity index (χ2n) is 3.13. The Morgan fingerprint density at radius 1 is 0.190 bits per heavy atom. The van der Waals surface area contributed by atoms with Crippen molar-refractivity contribution in [1.29, 1.82) is 0 Å². The second kappa shape index (κ2) is 106. The molecule has 0 saturated carbocycles. The van der Waals surface area contributed by atoms with E-state index in [9.17, 15) is 0 Å². The van der Waals surface area contributed by atoms with Crippen molar-refractivity contribution in [3.8, 4) is 0 Å². The van der Waals surface area contributed by atoms with Gasteiger partial charge >= 0.3 is 216 Å². The van der Waals surface area contributed by atoms with Gasteiger partial charge in [0.2, 0.25) is 0 Å². The summed E-state index contributed by atoms with van der Waals surface area (Å²) in [6, 6.07) is 0. The first-order valence-electron chi connectivity index (χ1n) is 5.11. The van der Waals surface area contributed by atoms with Crippen molar-refractivity contribution in [2.24, 2.45) is 0 Å². The molecule has 348 valence electrons. The zero-order valence-corrected chi connectivity index (χ0v) is 52.6. The van der Waals surface area contributed by atoms with Crippen LogP contribution in [0.4, 0.5) is 0 Å². The Morgan fingerprint density at radius 2 is 0.190 bits per heavy atom. The molecular formula is H15Al4Cu4O39P7Zn4. The second-order valence-corrected chi connectivity index (χ2v) is 9.39. The maximum absolute atomic E-state index is 8.55. The maximum atomic E-state index is 8.55. The van der Waals surface area contributed by atoms with Crippen LogP contribution in [0.3, 0.4) is 0 Å². The summed E-state index contributed by atoms with van der Waals surface area (Å²) < 4.78 is 59.8. The molecule has 0 bridgehead atoms. The van der Waals surface area contributed by atoms with Crippen LogP contribution in [0.2, 0.25) is 0 Å². The summed E-state index contributed by atoms with van der Waals surface area (Å²) in [5.41, 5.74) is 0. The van der Waals surface area contributed by atoms with Crippen LogP contribution in [-0.2, 0) is 178 Å². The molecule has 0 atom stereocenters. The Balaban J connectivity index is -0.00000000528. The standard InChI is InChI=1S/4Al.4Cu.7H3O4P.11H2O.4Zn/c;;;;;;;;7*1-5(2,3)4;;;;;;;;;;;;;;;/h;;;;;;;;7*(H3,1,2,3,4);11*1H2;;;;/q4*+3;4*+2;;;;;;;;;;;;;;;;;;;4*+2/p-28. The summed E-state index contributed by atoms with van der Waals surface area (Å²) >= 11 is 0. The Bertz CT molecular complexity index is 610. The zero-order valence-electron chi connectivity index (χ0n) is 26.0. The van der Waals surface area contributed by atoms with E-state index in [4.69, 9.17) is 135 Å². The summed E-state index contributed by atoms with van der Waals surface area (Å²) in [7, 11) is -37.7. The third kappa shape index (κ3) is 4910. The Hall–Kier alpha value is 7.03. The molecule has 0 heterocycles. The van der Waals surface area contributed by atoms with E-state index in [0.29, 0.717) is 0 Å². The average molecular weight is 1480 g/mol. The van der Waals surface area contributed by atoms with E-state index in [1.165, 1.54) is 0 Å². The van der Waals surface area contributed by atoms with Gasteiger partial charge in [-0.3, -0.25) is 0 Å². The molecular weight excluding hydrogens is 1460 g/mol. The molecule has 0 amide bonds. The molecule has 0 aliphatic rings. The molecule has 0 aliphatic heterocycles. The molecule has 58 heteroatoms. The fourth-order valence-corrected chi connectivity index (χ4v) is 0. The number of hydrogen-bond acceptors (Lipinski definition) is 35. The minimum atomic E-state index is -5.39. The van der Waals surface area contributed by atoms with Crippen molar-refractivity contribution >= 4 is 124 Å². The Labute approximate surface area is 460 Å². The fourth-order valence-electron chi connectivity index (χ4n) is 0. The molecule has 0 spiro atoms. The minimum Gasteiger partial charge on any atom is -0.870 e. The van der Waals surface area contributed by atoms with E-state index in [1.54, 1.807) is 0 Å². The van der Waals surface area contributed by atoms with Gasteiger partial charge in [-0.25, -0.2) is 0 Å². The third-order valence-electron chi connectivity index (χ3n) is 0. The molecule has 0 unspecified atom stereocenters. The van der Waals surface area contributed by atoms with Gasteiger partial charge in [-0.1, -0.05) is 0 Å². The fraction of sp³-hybridized carbons (Fsp3) is 0. The van der Waals surface area contributed by atoms with Gasteiger partial charge in [-0.15, -0.1) is 0 Å². The van der Waals surface area contributed by atoms with Crippen LogP contribution < -0.4 is 103 Å². The van der Waals surface area contributed by atoms with E-state index in [-0.39, 0.29) is 276 Å². The van der Waals surface area contributed by atoms with Gasteiger partial charge in [0.05, 0.1) is 0 Å². The summed E-state index contributed by atoms with van der Waals surface area (Å²) in [5, 5.41) is 0. The molecule has 39 nitrogen and oxygen atoms in total. The molecule has 0 aromatic carbocycles. The summed E-state index contributed by atoms with van der Waals surface area (Å²) in [6.45, 7) is 0. The first-order chi connectivity index (χ1) is 14.0. The molecule has 0 aliphatic carbocycles. The van der Waals surface area contributed by atoms with Crippen molar-refractivity contribution in [1.82, 2.24) is 0 Å². The number of phosphoric acid groups is 7. The van der Waals surface area contributed by atoms with Crippen LogP contribution in [0, 0.1) is 0 Å². The maximum Gasteiger partial charge on any atom is 3.00 e. The number of rotatable bonds is 0. The molecule has 0 rings (SSSR count). The smallest absolute Gasteiger partial charge is 0.870 e. The van der Waals surface area contributed by atoms with Crippen molar-refractivity contribution in [3.05, 3.63) is 0 Å². The molecule has 0 aromatic rings. The van der Waals surface area contributed by atoms with Crippen molar-refractivity contribution < 1.29 is 341 Å². The molecule has 58 heavy (non-hydrogen) atoms. The van der Waals surface area contributed by atoms with Crippen LogP contribution in [-0.4, -0.2) is 130 Å². The SMILES string of the molecule is O.O.O.O.O=P([O-])([O-])[O-].O=P([O-])([O-])[O-].O=P([O-])([O-])[O-].O=P([O-])([O-])[O-].O=P([O-])([O-])[O-].O=P([O-])([O-])[O-].O=P([O-])([O-])[O-].[Al+3].[Al+3].[Al+3].[Al+3].[Cu+2].[Cu+2].[Cu+2].[Cu+2].[OH-].[OH-].[OH-].[OH-].[OH-].[OH-].[OH-].[Zn+2].[Zn+2].[Zn+2].[Zn+2]. The molecule has 0 fully saturated rings. The van der Waals surface area contributed by atoms with Crippen LogP contribution in [0.25, 0.3) is 0 Å². The average Bonchev–Trinajstić information content (AvgIpc) is 2.06. The molecule has 0 aromatic heterocycles. The largest absolute Gasteiger partial charge is 3.00 e. The van der Waals surface area contributed by atoms with Crippen LogP contribution >= 0.6 is 54.8 Å². The van der Waals surface area contributed by atoms with E-state index in [0.717, 1.165) is 0 Å². The first-order valence-corrected chi connectivity index (χ1v) is 15.3. The van der Waals surface area contributed by atoms with Crippen LogP contribution in [0.5, 0.6) is 0 Å². The van der Waals surface area contributed by atoms with Crippen LogP contribution in [0.1, 0.15) is 0 Å². The topological polar surface area (TPSA) is 940 Å². The monoisotopic (exact) mass is 1470 g/mol. The normalized spacial score (nSPS) is 7.12.